The molecule has 0 atom stereocenters. The average molecular weight is 293 g/mol. The highest BCUT2D eigenvalue weighted by molar-refractivity contribution is 6.31. The summed E-state index contributed by atoms with van der Waals surface area (Å²) < 4.78 is 0. The van der Waals surface area contributed by atoms with Crippen LogP contribution in [0, 0.1) is 13.8 Å². The van der Waals surface area contributed by atoms with Crippen LogP contribution in [0.4, 0.5) is 5.69 Å². The molecule has 3 rings (SSSR count). The number of amides is 2. The van der Waals surface area contributed by atoms with E-state index in [-0.39, 0.29) is 11.5 Å². The number of carbonyl (C=O) groups is 2. The first kappa shape index (κ1) is 14.0. The van der Waals surface area contributed by atoms with Gasteiger partial charge in [-0.15, -0.1) is 0 Å². The molecule has 1 aromatic carbocycles. The van der Waals surface area contributed by atoms with E-state index in [1.165, 1.54) is 5.01 Å². The summed E-state index contributed by atoms with van der Waals surface area (Å²) in [5, 5.41) is 1.28. The van der Waals surface area contributed by atoms with E-state index in [0.717, 1.165) is 16.7 Å². The summed E-state index contributed by atoms with van der Waals surface area (Å²) in [5.41, 5.74) is 6.32. The minimum atomic E-state index is -0.403. The Morgan fingerprint density at radius 3 is 2.45 bits per heavy atom. The molecule has 0 unspecified atom stereocenters. The molecule has 2 aromatic rings. The first-order valence-electron chi connectivity index (χ1n) is 6.90. The van der Waals surface area contributed by atoms with Crippen LogP contribution in [0.3, 0.4) is 0 Å². The first-order valence-corrected chi connectivity index (χ1v) is 6.90. The van der Waals surface area contributed by atoms with Gasteiger partial charge in [0.1, 0.15) is 5.57 Å². The first-order chi connectivity index (χ1) is 10.6. The Morgan fingerprint density at radius 1 is 1.05 bits per heavy atom. The number of hydrogen-bond donors (Lipinski definition) is 1. The molecule has 2 heterocycles. The number of anilines is 1. The number of hydrogen-bond acceptors (Lipinski definition) is 3. The minimum absolute atomic E-state index is 0.115. The van der Waals surface area contributed by atoms with E-state index in [1.807, 2.05) is 32.0 Å². The maximum atomic E-state index is 12.5. The zero-order valence-electron chi connectivity index (χ0n) is 12.3. The van der Waals surface area contributed by atoms with Gasteiger partial charge in [-0.05, 0) is 60.9 Å². The van der Waals surface area contributed by atoms with Crippen LogP contribution in [0.25, 0.3) is 6.08 Å². The van der Waals surface area contributed by atoms with Gasteiger partial charge < -0.3 is 0 Å². The fourth-order valence-corrected chi connectivity index (χ4v) is 2.23. The summed E-state index contributed by atoms with van der Waals surface area (Å²) in [6.07, 6.45) is 4.80. The fourth-order valence-electron chi connectivity index (χ4n) is 2.23. The second-order valence-electron chi connectivity index (χ2n) is 5.19. The smallest absolute Gasteiger partial charge is 0.267 e. The minimum Gasteiger partial charge on any atom is -0.267 e. The number of nitrogens with zero attached hydrogens (tertiary/aromatic N) is 2. The summed E-state index contributed by atoms with van der Waals surface area (Å²) in [5.74, 6) is -0.759. The maximum Gasteiger partial charge on any atom is 0.282 e. The standard InChI is InChI=1S/C17H15N3O2/c1-11-3-4-14(9-12(11)2)20-17(22)15(16(21)19-20)10-13-5-7-18-8-6-13/h3-10H,1-2H3,(H,19,21). The van der Waals surface area contributed by atoms with Crippen molar-refractivity contribution in [3.8, 4) is 0 Å². The lowest BCUT2D eigenvalue weighted by Gasteiger charge is -2.15. The van der Waals surface area contributed by atoms with Gasteiger partial charge in [-0.1, -0.05) is 6.07 Å². The van der Waals surface area contributed by atoms with Crippen LogP contribution in [-0.4, -0.2) is 16.8 Å². The van der Waals surface area contributed by atoms with Crippen molar-refractivity contribution in [3.63, 3.8) is 0 Å². The number of hydrazine groups is 1. The topological polar surface area (TPSA) is 62.3 Å². The Balaban J connectivity index is 1.94. The van der Waals surface area contributed by atoms with E-state index < -0.39 is 5.91 Å². The Bertz CT molecular complexity index is 782. The van der Waals surface area contributed by atoms with Crippen LogP contribution in [0.1, 0.15) is 16.7 Å². The van der Waals surface area contributed by atoms with Crippen molar-refractivity contribution in [2.75, 3.05) is 5.01 Å². The van der Waals surface area contributed by atoms with Crippen molar-refractivity contribution in [1.29, 1.82) is 0 Å². The molecule has 1 N–H and O–H groups in total. The third-order valence-corrected chi connectivity index (χ3v) is 3.66. The molecular formula is C17H15N3O2. The van der Waals surface area contributed by atoms with Crippen LogP contribution >= 0.6 is 0 Å². The number of aryl methyl sites for hydroxylation is 2. The molecule has 110 valence electrons. The van der Waals surface area contributed by atoms with E-state index in [9.17, 15) is 9.59 Å². The molecule has 1 aromatic heterocycles. The van der Waals surface area contributed by atoms with Crippen LogP contribution < -0.4 is 10.4 Å². The van der Waals surface area contributed by atoms with Gasteiger partial charge >= 0.3 is 0 Å². The van der Waals surface area contributed by atoms with E-state index in [4.69, 9.17) is 0 Å². The van der Waals surface area contributed by atoms with E-state index in [0.29, 0.717) is 5.69 Å². The number of aromatic nitrogens is 1. The zero-order chi connectivity index (χ0) is 15.7. The van der Waals surface area contributed by atoms with Gasteiger partial charge in [0.2, 0.25) is 0 Å². The molecule has 0 spiro atoms. The predicted molar refractivity (Wildman–Crippen MR) is 83.8 cm³/mol. The van der Waals surface area contributed by atoms with Gasteiger partial charge in [-0.3, -0.25) is 20.0 Å². The van der Waals surface area contributed by atoms with Crippen molar-refractivity contribution in [2.24, 2.45) is 0 Å². The van der Waals surface area contributed by atoms with Crippen LogP contribution in [-0.2, 0) is 9.59 Å². The van der Waals surface area contributed by atoms with E-state index >= 15 is 0 Å². The van der Waals surface area contributed by atoms with Crippen molar-refractivity contribution < 1.29 is 9.59 Å². The van der Waals surface area contributed by atoms with Crippen LogP contribution in [0.15, 0.2) is 48.3 Å². The van der Waals surface area contributed by atoms with Gasteiger partial charge in [-0.25, -0.2) is 5.01 Å². The lowest BCUT2D eigenvalue weighted by molar-refractivity contribution is -0.117. The summed E-state index contributed by atoms with van der Waals surface area (Å²) >= 11 is 0. The lowest BCUT2D eigenvalue weighted by Crippen LogP contribution is -2.35. The molecule has 2 amide bonds. The van der Waals surface area contributed by atoms with Gasteiger partial charge in [-0.2, -0.15) is 0 Å². The molecule has 0 radical (unpaired) electrons. The SMILES string of the molecule is Cc1ccc(N2NC(=O)C(=Cc3ccncc3)C2=O)cc1C. The highest BCUT2D eigenvalue weighted by Crippen LogP contribution is 2.23. The average Bonchev–Trinajstić information content (AvgIpc) is 2.79. The van der Waals surface area contributed by atoms with Crippen molar-refractivity contribution in [1.82, 2.24) is 10.4 Å². The van der Waals surface area contributed by atoms with Crippen LogP contribution in [0.2, 0.25) is 0 Å². The number of pyridine rings is 1. The molecule has 1 saturated heterocycles. The molecule has 0 saturated carbocycles. The summed E-state index contributed by atoms with van der Waals surface area (Å²) in [6.45, 7) is 3.97. The van der Waals surface area contributed by atoms with Crippen LogP contribution in [0.5, 0.6) is 0 Å². The number of nitrogens with one attached hydrogen (secondary N) is 1. The largest absolute Gasteiger partial charge is 0.282 e. The van der Waals surface area contributed by atoms with Gasteiger partial charge in [0, 0.05) is 12.4 Å². The molecule has 0 bridgehead atoms. The normalized spacial score (nSPS) is 16.3. The molecule has 22 heavy (non-hydrogen) atoms. The Morgan fingerprint density at radius 2 is 1.77 bits per heavy atom. The fraction of sp³-hybridized carbons (Fsp3) is 0.118. The third-order valence-electron chi connectivity index (χ3n) is 3.66. The Labute approximate surface area is 128 Å². The number of benzene rings is 1. The predicted octanol–water partition coefficient (Wildman–Crippen LogP) is 2.16. The lowest BCUT2D eigenvalue weighted by atomic mass is 10.1. The van der Waals surface area contributed by atoms with Gasteiger partial charge in [0.05, 0.1) is 5.69 Å². The summed E-state index contributed by atoms with van der Waals surface area (Å²) in [6, 6.07) is 9.10. The van der Waals surface area contributed by atoms with E-state index in [1.54, 1.807) is 30.6 Å². The van der Waals surface area contributed by atoms with E-state index in [2.05, 4.69) is 10.4 Å². The molecule has 1 fully saturated rings. The summed E-state index contributed by atoms with van der Waals surface area (Å²) in [4.78, 5) is 28.5. The second kappa shape index (κ2) is 5.44. The number of carbonyl (C=O) groups excluding carboxylic acids is 2. The maximum absolute atomic E-state index is 12.5. The molecular weight excluding hydrogens is 278 g/mol. The van der Waals surface area contributed by atoms with Gasteiger partial charge in [0.15, 0.2) is 0 Å². The Kier molecular flexibility index (Phi) is 3.47. The summed E-state index contributed by atoms with van der Waals surface area (Å²) in [7, 11) is 0. The Hall–Kier alpha value is -2.95. The van der Waals surface area contributed by atoms with Crippen molar-refractivity contribution in [3.05, 3.63) is 65.0 Å². The zero-order valence-corrected chi connectivity index (χ0v) is 12.3. The molecule has 5 nitrogen and oxygen atoms in total. The molecule has 5 heteroatoms. The molecule has 1 aliphatic heterocycles. The third kappa shape index (κ3) is 2.48. The quantitative estimate of drug-likeness (QED) is 0.682. The highest BCUT2D eigenvalue weighted by Gasteiger charge is 2.34. The molecule has 0 aliphatic carbocycles. The number of rotatable bonds is 2. The highest BCUT2D eigenvalue weighted by atomic mass is 16.2. The second-order valence-corrected chi connectivity index (χ2v) is 5.19. The van der Waals surface area contributed by atoms with Crippen molar-refractivity contribution in [2.45, 2.75) is 13.8 Å². The monoisotopic (exact) mass is 293 g/mol. The van der Waals surface area contributed by atoms with Crippen molar-refractivity contribution >= 4 is 23.6 Å². The van der Waals surface area contributed by atoms with Gasteiger partial charge in [0.25, 0.3) is 11.8 Å². The molecule has 1 aliphatic rings.